The summed E-state index contributed by atoms with van der Waals surface area (Å²) >= 11 is 1.78. The maximum absolute atomic E-state index is 5.86. The molecule has 0 aliphatic carbocycles. The summed E-state index contributed by atoms with van der Waals surface area (Å²) in [5.74, 6) is 0.928. The van der Waals surface area contributed by atoms with Gasteiger partial charge in [0.2, 0.25) is 0 Å². The van der Waals surface area contributed by atoms with Gasteiger partial charge in [0, 0.05) is 10.3 Å². The van der Waals surface area contributed by atoms with Gasteiger partial charge in [-0.2, -0.15) is 0 Å². The fourth-order valence-corrected chi connectivity index (χ4v) is 3.03. The van der Waals surface area contributed by atoms with Gasteiger partial charge in [0.15, 0.2) is 0 Å². The summed E-state index contributed by atoms with van der Waals surface area (Å²) in [6.07, 6.45) is 0. The molecule has 0 spiro atoms. The molecule has 1 aromatic heterocycles. The second-order valence-corrected chi connectivity index (χ2v) is 5.77. The van der Waals surface area contributed by atoms with Crippen LogP contribution in [0.3, 0.4) is 0 Å². The van der Waals surface area contributed by atoms with E-state index in [4.69, 9.17) is 4.74 Å². The molecule has 0 radical (unpaired) electrons. The molecule has 2 aromatic carbocycles. The van der Waals surface area contributed by atoms with Crippen LogP contribution in [0.15, 0.2) is 47.8 Å². The summed E-state index contributed by atoms with van der Waals surface area (Å²) < 4.78 is 7.19. The van der Waals surface area contributed by atoms with Gasteiger partial charge >= 0.3 is 0 Å². The van der Waals surface area contributed by atoms with Crippen LogP contribution in [0.2, 0.25) is 0 Å². The molecule has 19 heavy (non-hydrogen) atoms. The van der Waals surface area contributed by atoms with Gasteiger partial charge in [-0.25, -0.2) is 0 Å². The van der Waals surface area contributed by atoms with Crippen molar-refractivity contribution in [2.45, 2.75) is 20.5 Å². The predicted octanol–water partition coefficient (Wildman–Crippen LogP) is 5.10. The third-order valence-electron chi connectivity index (χ3n) is 3.22. The lowest BCUT2D eigenvalue weighted by Crippen LogP contribution is -1.94. The highest BCUT2D eigenvalue weighted by Gasteiger charge is 2.05. The highest BCUT2D eigenvalue weighted by atomic mass is 32.1. The second-order valence-electron chi connectivity index (χ2n) is 4.86. The van der Waals surface area contributed by atoms with E-state index in [0.29, 0.717) is 6.61 Å². The molecule has 0 unspecified atom stereocenters. The fourth-order valence-electron chi connectivity index (χ4n) is 2.10. The van der Waals surface area contributed by atoms with Crippen molar-refractivity contribution in [1.29, 1.82) is 0 Å². The van der Waals surface area contributed by atoms with E-state index in [1.807, 2.05) is 12.1 Å². The summed E-state index contributed by atoms with van der Waals surface area (Å²) in [6, 6.07) is 14.8. The molecule has 0 atom stereocenters. The van der Waals surface area contributed by atoms with E-state index in [9.17, 15) is 0 Å². The summed E-state index contributed by atoms with van der Waals surface area (Å²) in [5, 5.41) is 3.51. The topological polar surface area (TPSA) is 9.23 Å². The van der Waals surface area contributed by atoms with Crippen molar-refractivity contribution in [1.82, 2.24) is 0 Å². The zero-order valence-electron chi connectivity index (χ0n) is 11.1. The Morgan fingerprint density at radius 3 is 2.47 bits per heavy atom. The number of hydrogen-bond acceptors (Lipinski definition) is 2. The first-order valence-electron chi connectivity index (χ1n) is 6.38. The Morgan fingerprint density at radius 1 is 0.947 bits per heavy atom. The van der Waals surface area contributed by atoms with Crippen molar-refractivity contribution >= 4 is 21.4 Å². The van der Waals surface area contributed by atoms with Gasteiger partial charge in [-0.05, 0) is 42.8 Å². The highest BCUT2D eigenvalue weighted by Crippen LogP contribution is 2.28. The van der Waals surface area contributed by atoms with Crippen molar-refractivity contribution in [3.63, 3.8) is 0 Å². The number of rotatable bonds is 3. The molecule has 0 aliphatic rings. The quantitative estimate of drug-likeness (QED) is 0.642. The molecule has 1 nitrogen and oxygen atoms in total. The van der Waals surface area contributed by atoms with Gasteiger partial charge in [0.05, 0.1) is 0 Å². The third kappa shape index (κ3) is 2.64. The lowest BCUT2D eigenvalue weighted by molar-refractivity contribution is 0.308. The minimum atomic E-state index is 0.631. The zero-order chi connectivity index (χ0) is 13.2. The van der Waals surface area contributed by atoms with Crippen LogP contribution in [0.25, 0.3) is 10.1 Å². The molecule has 3 aromatic rings. The smallest absolute Gasteiger partial charge is 0.119 e. The van der Waals surface area contributed by atoms with Crippen LogP contribution in [-0.2, 0) is 6.61 Å². The van der Waals surface area contributed by atoms with Crippen LogP contribution in [0.4, 0.5) is 0 Å². The van der Waals surface area contributed by atoms with E-state index in [0.717, 1.165) is 5.75 Å². The van der Waals surface area contributed by atoms with E-state index in [1.54, 1.807) is 11.3 Å². The van der Waals surface area contributed by atoms with Crippen LogP contribution in [-0.4, -0.2) is 0 Å². The van der Waals surface area contributed by atoms with Crippen molar-refractivity contribution in [2.75, 3.05) is 0 Å². The Balaban J connectivity index is 1.81. The minimum Gasteiger partial charge on any atom is -0.489 e. The van der Waals surface area contributed by atoms with Crippen molar-refractivity contribution in [3.05, 3.63) is 64.5 Å². The Kier molecular flexibility index (Phi) is 3.26. The number of hydrogen-bond donors (Lipinski definition) is 0. The van der Waals surface area contributed by atoms with E-state index in [2.05, 4.69) is 49.6 Å². The van der Waals surface area contributed by atoms with Gasteiger partial charge in [-0.15, -0.1) is 11.3 Å². The van der Waals surface area contributed by atoms with Gasteiger partial charge in [0.1, 0.15) is 12.4 Å². The van der Waals surface area contributed by atoms with Gasteiger partial charge in [-0.1, -0.05) is 35.4 Å². The number of thiophene rings is 1. The van der Waals surface area contributed by atoms with Gasteiger partial charge in [-0.3, -0.25) is 0 Å². The normalized spacial score (nSPS) is 10.8. The van der Waals surface area contributed by atoms with Crippen molar-refractivity contribution < 1.29 is 4.74 Å². The first-order valence-corrected chi connectivity index (χ1v) is 7.26. The number of fused-ring (bicyclic) bond motifs is 1. The first-order chi connectivity index (χ1) is 9.22. The summed E-state index contributed by atoms with van der Waals surface area (Å²) in [4.78, 5) is 0. The lowest BCUT2D eigenvalue weighted by Gasteiger charge is -2.06. The van der Waals surface area contributed by atoms with Crippen LogP contribution in [0, 0.1) is 13.8 Å². The molecule has 0 amide bonds. The Labute approximate surface area is 117 Å². The molecular formula is C17H16OS. The SMILES string of the molecule is Cc1ccc(OCc2csc3ccc(C)cc23)cc1. The zero-order valence-corrected chi connectivity index (χ0v) is 12.0. The van der Waals surface area contributed by atoms with Crippen LogP contribution in [0.1, 0.15) is 16.7 Å². The van der Waals surface area contributed by atoms with E-state index in [-0.39, 0.29) is 0 Å². The largest absolute Gasteiger partial charge is 0.489 e. The predicted molar refractivity (Wildman–Crippen MR) is 82.1 cm³/mol. The number of benzene rings is 2. The number of ether oxygens (including phenoxy) is 1. The number of aryl methyl sites for hydroxylation is 2. The lowest BCUT2D eigenvalue weighted by atomic mass is 10.1. The maximum Gasteiger partial charge on any atom is 0.119 e. The molecule has 0 bridgehead atoms. The maximum atomic E-state index is 5.86. The average molecular weight is 268 g/mol. The standard InChI is InChI=1S/C17H16OS/c1-12-3-6-15(7-4-12)18-10-14-11-19-17-8-5-13(2)9-16(14)17/h3-9,11H,10H2,1-2H3. The summed E-state index contributed by atoms with van der Waals surface area (Å²) in [7, 11) is 0. The minimum absolute atomic E-state index is 0.631. The van der Waals surface area contributed by atoms with Crippen LogP contribution >= 0.6 is 11.3 Å². The van der Waals surface area contributed by atoms with Crippen LogP contribution < -0.4 is 4.74 Å². The van der Waals surface area contributed by atoms with E-state index >= 15 is 0 Å². The second kappa shape index (κ2) is 5.06. The molecule has 3 rings (SSSR count). The third-order valence-corrected chi connectivity index (χ3v) is 4.24. The van der Waals surface area contributed by atoms with Crippen molar-refractivity contribution in [2.24, 2.45) is 0 Å². The molecule has 0 N–H and O–H groups in total. The summed E-state index contributed by atoms with van der Waals surface area (Å²) in [6.45, 7) is 4.84. The molecule has 96 valence electrons. The molecule has 2 heteroatoms. The average Bonchev–Trinajstić information content (AvgIpc) is 2.80. The first kappa shape index (κ1) is 12.2. The fraction of sp³-hybridized carbons (Fsp3) is 0.176. The molecule has 0 saturated heterocycles. The Bertz CT molecular complexity index is 695. The molecule has 1 heterocycles. The Hall–Kier alpha value is -1.80. The monoisotopic (exact) mass is 268 g/mol. The molecule has 0 saturated carbocycles. The van der Waals surface area contributed by atoms with Gasteiger partial charge in [0.25, 0.3) is 0 Å². The van der Waals surface area contributed by atoms with E-state index in [1.165, 1.54) is 26.8 Å². The molecule has 0 aliphatic heterocycles. The molecular weight excluding hydrogens is 252 g/mol. The Morgan fingerprint density at radius 2 is 1.68 bits per heavy atom. The highest BCUT2D eigenvalue weighted by molar-refractivity contribution is 7.17. The summed E-state index contributed by atoms with van der Waals surface area (Å²) in [5.41, 5.74) is 3.82. The van der Waals surface area contributed by atoms with Gasteiger partial charge < -0.3 is 4.74 Å². The van der Waals surface area contributed by atoms with Crippen molar-refractivity contribution in [3.8, 4) is 5.75 Å². The molecule has 0 fully saturated rings. The van der Waals surface area contributed by atoms with E-state index < -0.39 is 0 Å². The van der Waals surface area contributed by atoms with Crippen LogP contribution in [0.5, 0.6) is 5.75 Å².